The highest BCUT2D eigenvalue weighted by molar-refractivity contribution is 7.90. The molecule has 4 heterocycles. The summed E-state index contributed by atoms with van der Waals surface area (Å²) in [5, 5.41) is 8.60. The second kappa shape index (κ2) is 12.4. The van der Waals surface area contributed by atoms with E-state index in [9.17, 15) is 36.4 Å². The standard InChI is InChI=1S/C31H26F5N7O4S/c1-5-23(44)42-14-17(3)41(15-18(42)9-11-37)27-19-13-22(33)25(24-20(31(34,35)36)7-6-8-21(24)32)39-28(19)43(30(45)40-27)26-16(2)10-12-38-29(26)48(4,46)47/h5-8,10,12-13,17-18H,1,9,14-15H2,2-4H3/t17-,18-/m0/s1. The molecule has 1 saturated heterocycles. The molecule has 0 N–H and O–H groups in total. The van der Waals surface area contributed by atoms with Crippen LogP contribution in [0, 0.1) is 29.9 Å². The fraction of sp³-hybridized carbons (Fsp3) is 0.290. The first-order chi connectivity index (χ1) is 22.5. The molecule has 0 bridgehead atoms. The number of anilines is 1. The maximum atomic E-state index is 16.0. The van der Waals surface area contributed by atoms with Gasteiger partial charge in [-0.3, -0.25) is 4.79 Å². The normalized spacial score (nSPS) is 17.0. The zero-order valence-corrected chi connectivity index (χ0v) is 26.4. The van der Waals surface area contributed by atoms with E-state index in [4.69, 9.17) is 0 Å². The number of alkyl halides is 3. The molecule has 0 spiro atoms. The Kier molecular flexibility index (Phi) is 8.82. The van der Waals surface area contributed by atoms with Gasteiger partial charge in [-0.15, -0.1) is 0 Å². The van der Waals surface area contributed by atoms with Crippen LogP contribution in [0.1, 0.15) is 24.5 Å². The Morgan fingerprint density at radius 1 is 1.17 bits per heavy atom. The number of halogens is 5. The van der Waals surface area contributed by atoms with Crippen molar-refractivity contribution in [2.24, 2.45) is 0 Å². The van der Waals surface area contributed by atoms with Crippen molar-refractivity contribution >= 4 is 32.6 Å². The number of carbonyl (C=O) groups is 1. The van der Waals surface area contributed by atoms with Gasteiger partial charge in [0.05, 0.1) is 40.7 Å². The lowest BCUT2D eigenvalue weighted by atomic mass is 10.0. The molecule has 4 aromatic rings. The third-order valence-electron chi connectivity index (χ3n) is 7.92. The summed E-state index contributed by atoms with van der Waals surface area (Å²) in [6, 6.07) is 4.77. The number of amides is 1. The van der Waals surface area contributed by atoms with E-state index in [0.717, 1.165) is 24.5 Å². The molecule has 250 valence electrons. The topological polar surface area (TPSA) is 142 Å². The molecule has 1 aliphatic rings. The van der Waals surface area contributed by atoms with E-state index in [2.05, 4.69) is 21.5 Å². The van der Waals surface area contributed by atoms with Gasteiger partial charge >= 0.3 is 11.9 Å². The van der Waals surface area contributed by atoms with Crippen LogP contribution in [-0.2, 0) is 20.8 Å². The SMILES string of the molecule is C=CC(=O)N1C[C@H](C)N(c2nc(=O)n(-c3c(C)ccnc3S(C)(=O)=O)c3nc(-c4c(F)cccc4C(F)(F)F)c(F)cc23)C[C@@H]1CC#N. The Bertz CT molecular complexity index is 2200. The van der Waals surface area contributed by atoms with Crippen LogP contribution in [0.25, 0.3) is 28.0 Å². The van der Waals surface area contributed by atoms with Gasteiger partial charge < -0.3 is 9.80 Å². The Morgan fingerprint density at radius 2 is 1.88 bits per heavy atom. The maximum Gasteiger partial charge on any atom is 0.417 e. The Labute approximate surface area is 270 Å². The van der Waals surface area contributed by atoms with E-state index >= 15 is 8.78 Å². The second-order valence-electron chi connectivity index (χ2n) is 11.2. The molecule has 0 unspecified atom stereocenters. The number of nitriles is 1. The lowest BCUT2D eigenvalue weighted by molar-refractivity contribution is -0.137. The zero-order chi connectivity index (χ0) is 35.3. The molecular weight excluding hydrogens is 661 g/mol. The van der Waals surface area contributed by atoms with Crippen LogP contribution in [0.4, 0.5) is 27.8 Å². The number of fused-ring (bicyclic) bond motifs is 1. The molecule has 0 saturated carbocycles. The molecule has 3 aromatic heterocycles. The zero-order valence-electron chi connectivity index (χ0n) is 25.6. The average Bonchev–Trinajstić information content (AvgIpc) is 3.00. The number of hydrogen-bond donors (Lipinski definition) is 0. The lowest BCUT2D eigenvalue weighted by Crippen LogP contribution is -2.59. The number of rotatable bonds is 6. The number of sulfone groups is 1. The third kappa shape index (κ3) is 5.99. The summed E-state index contributed by atoms with van der Waals surface area (Å²) in [5.74, 6) is -3.53. The van der Waals surface area contributed by atoms with Crippen LogP contribution in [0.15, 0.2) is 59.0 Å². The number of carbonyl (C=O) groups excluding carboxylic acids is 1. The fourth-order valence-electron chi connectivity index (χ4n) is 5.77. The van der Waals surface area contributed by atoms with Crippen molar-refractivity contribution in [1.29, 1.82) is 5.26 Å². The number of aryl methyl sites for hydroxylation is 1. The van der Waals surface area contributed by atoms with Crippen LogP contribution in [0.5, 0.6) is 0 Å². The molecule has 11 nitrogen and oxygen atoms in total. The van der Waals surface area contributed by atoms with Gasteiger partial charge in [-0.2, -0.15) is 23.4 Å². The van der Waals surface area contributed by atoms with Gasteiger partial charge in [0.15, 0.2) is 26.3 Å². The predicted octanol–water partition coefficient (Wildman–Crippen LogP) is 4.36. The van der Waals surface area contributed by atoms with Crippen LogP contribution in [0.2, 0.25) is 0 Å². The Hall–Kier alpha value is -5.24. The van der Waals surface area contributed by atoms with E-state index in [1.54, 1.807) is 6.92 Å². The Balaban J connectivity index is 1.90. The van der Waals surface area contributed by atoms with Gasteiger partial charge in [-0.05, 0) is 49.8 Å². The van der Waals surface area contributed by atoms with Crippen molar-refractivity contribution < 1.29 is 35.2 Å². The summed E-state index contributed by atoms with van der Waals surface area (Å²) in [6.45, 7) is 6.51. The highest BCUT2D eigenvalue weighted by Gasteiger charge is 2.38. The van der Waals surface area contributed by atoms with Crippen molar-refractivity contribution in [3.8, 4) is 23.0 Å². The third-order valence-corrected chi connectivity index (χ3v) is 8.92. The second-order valence-corrected chi connectivity index (χ2v) is 13.1. The minimum Gasteiger partial charge on any atom is -0.349 e. The average molecular weight is 688 g/mol. The van der Waals surface area contributed by atoms with E-state index < -0.39 is 78.8 Å². The molecule has 2 atom stereocenters. The van der Waals surface area contributed by atoms with Crippen molar-refractivity contribution in [2.45, 2.75) is 43.6 Å². The van der Waals surface area contributed by atoms with Crippen molar-refractivity contribution in [3.05, 3.63) is 82.4 Å². The number of nitrogens with zero attached hydrogens (tertiary/aromatic N) is 7. The highest BCUT2D eigenvalue weighted by atomic mass is 32.2. The summed E-state index contributed by atoms with van der Waals surface area (Å²) in [7, 11) is -4.16. The number of aromatic nitrogens is 4. The smallest absolute Gasteiger partial charge is 0.349 e. The van der Waals surface area contributed by atoms with Gasteiger partial charge in [0.25, 0.3) is 0 Å². The summed E-state index contributed by atoms with van der Waals surface area (Å²) < 4.78 is 99.6. The summed E-state index contributed by atoms with van der Waals surface area (Å²) in [5.41, 5.74) is -5.77. The minimum atomic E-state index is -5.14. The molecular formula is C31H26F5N7O4S. The van der Waals surface area contributed by atoms with E-state index in [0.29, 0.717) is 16.7 Å². The molecule has 1 fully saturated rings. The van der Waals surface area contributed by atoms with E-state index in [-0.39, 0.29) is 42.0 Å². The summed E-state index contributed by atoms with van der Waals surface area (Å²) in [6.07, 6.45) is -2.22. The summed E-state index contributed by atoms with van der Waals surface area (Å²) in [4.78, 5) is 41.7. The van der Waals surface area contributed by atoms with E-state index in [1.165, 1.54) is 29.0 Å². The molecule has 48 heavy (non-hydrogen) atoms. The predicted molar refractivity (Wildman–Crippen MR) is 164 cm³/mol. The highest BCUT2D eigenvalue weighted by Crippen LogP contribution is 2.40. The molecule has 0 aliphatic carbocycles. The number of hydrogen-bond acceptors (Lipinski definition) is 9. The number of benzene rings is 1. The quantitative estimate of drug-likeness (QED) is 0.214. The van der Waals surface area contributed by atoms with Crippen molar-refractivity contribution in [3.63, 3.8) is 0 Å². The molecule has 5 rings (SSSR count). The minimum absolute atomic E-state index is 0.0154. The van der Waals surface area contributed by atoms with Crippen molar-refractivity contribution in [2.75, 3.05) is 24.2 Å². The van der Waals surface area contributed by atoms with Gasteiger partial charge in [0.2, 0.25) is 5.91 Å². The number of pyridine rings is 2. The van der Waals surface area contributed by atoms with Gasteiger partial charge in [-0.25, -0.2) is 36.5 Å². The number of piperazine rings is 1. The monoisotopic (exact) mass is 687 g/mol. The molecule has 1 aromatic carbocycles. The van der Waals surface area contributed by atoms with Crippen LogP contribution in [0.3, 0.4) is 0 Å². The molecule has 0 radical (unpaired) electrons. The maximum absolute atomic E-state index is 16.0. The van der Waals surface area contributed by atoms with Gasteiger partial charge in [0, 0.05) is 31.6 Å². The van der Waals surface area contributed by atoms with Crippen LogP contribution in [-0.4, -0.2) is 70.2 Å². The van der Waals surface area contributed by atoms with E-state index in [1.807, 2.05) is 6.07 Å². The largest absolute Gasteiger partial charge is 0.417 e. The van der Waals surface area contributed by atoms with Crippen molar-refractivity contribution in [1.82, 2.24) is 24.4 Å². The first-order valence-corrected chi connectivity index (χ1v) is 16.1. The molecule has 1 amide bonds. The van der Waals surface area contributed by atoms with Crippen LogP contribution >= 0.6 is 0 Å². The molecule has 17 heteroatoms. The molecule has 1 aliphatic heterocycles. The first-order valence-electron chi connectivity index (χ1n) is 14.2. The van der Waals surface area contributed by atoms with Crippen LogP contribution < -0.4 is 10.6 Å². The first kappa shape index (κ1) is 34.1. The Morgan fingerprint density at radius 3 is 2.50 bits per heavy atom. The van der Waals surface area contributed by atoms with Gasteiger partial charge in [-0.1, -0.05) is 12.6 Å². The lowest BCUT2D eigenvalue weighted by Gasteiger charge is -2.45. The fourth-order valence-corrected chi connectivity index (χ4v) is 6.63. The summed E-state index contributed by atoms with van der Waals surface area (Å²) >= 11 is 0. The van der Waals surface area contributed by atoms with Gasteiger partial charge in [0.1, 0.15) is 17.3 Å².